The Hall–Kier alpha value is -0.780. The number of hydrogen-bond donors (Lipinski definition) is 0. The number of unbranched alkanes of at least 4 members (excludes halogenated alkanes) is 1. The Morgan fingerprint density at radius 2 is 1.78 bits per heavy atom. The minimum Gasteiger partial charge on any atom is -0.0654 e. The number of hydrogen-bond acceptors (Lipinski definition) is 0. The lowest BCUT2D eigenvalue weighted by molar-refractivity contribution is 0.310. The molecular weight excluding hydrogens is 216 g/mol. The van der Waals surface area contributed by atoms with Crippen LogP contribution in [0.4, 0.5) is 0 Å². The molecule has 0 heterocycles. The number of benzene rings is 1. The zero-order valence-electron chi connectivity index (χ0n) is 11.9. The summed E-state index contributed by atoms with van der Waals surface area (Å²) in [6.07, 6.45) is 12.9. The van der Waals surface area contributed by atoms with Crippen molar-refractivity contribution in [3.8, 4) is 0 Å². The van der Waals surface area contributed by atoms with Gasteiger partial charge in [-0.15, -0.1) is 0 Å². The van der Waals surface area contributed by atoms with Gasteiger partial charge < -0.3 is 0 Å². The Balaban J connectivity index is 1.95. The van der Waals surface area contributed by atoms with E-state index in [0.29, 0.717) is 0 Å². The van der Waals surface area contributed by atoms with E-state index in [1.807, 2.05) is 0 Å². The van der Waals surface area contributed by atoms with Crippen LogP contribution in [0, 0.1) is 5.92 Å². The van der Waals surface area contributed by atoms with E-state index in [4.69, 9.17) is 0 Å². The molecule has 0 saturated heterocycles. The molecule has 1 saturated carbocycles. The first-order valence-corrected chi connectivity index (χ1v) is 7.95. The maximum absolute atomic E-state index is 2.34. The van der Waals surface area contributed by atoms with Crippen molar-refractivity contribution in [3.63, 3.8) is 0 Å². The van der Waals surface area contributed by atoms with E-state index in [1.54, 1.807) is 5.56 Å². The standard InChI is InChI=1S/C18H28/c1-2-3-12-18(17-13-8-5-9-14-17)15-16-10-6-4-7-11-16/h5,8-9,13-14,16,18H,2-4,6-7,10-12,15H2,1H3. The van der Waals surface area contributed by atoms with E-state index in [0.717, 1.165) is 11.8 Å². The molecule has 0 N–H and O–H groups in total. The molecular formula is C18H28. The van der Waals surface area contributed by atoms with Gasteiger partial charge in [-0.25, -0.2) is 0 Å². The predicted octanol–water partition coefficient (Wildman–Crippen LogP) is 5.93. The molecule has 1 aromatic carbocycles. The van der Waals surface area contributed by atoms with Crippen molar-refractivity contribution in [1.29, 1.82) is 0 Å². The van der Waals surface area contributed by atoms with E-state index >= 15 is 0 Å². The van der Waals surface area contributed by atoms with Crippen LogP contribution in [0.25, 0.3) is 0 Å². The summed E-state index contributed by atoms with van der Waals surface area (Å²) in [5, 5.41) is 0. The lowest BCUT2D eigenvalue weighted by Gasteiger charge is -2.27. The summed E-state index contributed by atoms with van der Waals surface area (Å²) in [6, 6.07) is 11.2. The lowest BCUT2D eigenvalue weighted by atomic mass is 9.79. The quantitative estimate of drug-likeness (QED) is 0.581. The highest BCUT2D eigenvalue weighted by atomic mass is 14.2. The van der Waals surface area contributed by atoms with Gasteiger partial charge in [0, 0.05) is 0 Å². The Kier molecular flexibility index (Phi) is 5.77. The van der Waals surface area contributed by atoms with Crippen LogP contribution >= 0.6 is 0 Å². The minimum absolute atomic E-state index is 0.814. The predicted molar refractivity (Wildman–Crippen MR) is 79.9 cm³/mol. The molecule has 0 aliphatic heterocycles. The van der Waals surface area contributed by atoms with Crippen LogP contribution in [0.2, 0.25) is 0 Å². The first-order valence-electron chi connectivity index (χ1n) is 7.95. The molecule has 1 atom stereocenters. The first-order chi connectivity index (χ1) is 8.90. The van der Waals surface area contributed by atoms with Gasteiger partial charge in [0.1, 0.15) is 0 Å². The summed E-state index contributed by atoms with van der Waals surface area (Å²) in [4.78, 5) is 0. The van der Waals surface area contributed by atoms with E-state index in [-0.39, 0.29) is 0 Å². The largest absolute Gasteiger partial charge is 0.0654 e. The van der Waals surface area contributed by atoms with Gasteiger partial charge in [-0.1, -0.05) is 82.2 Å². The van der Waals surface area contributed by atoms with Crippen molar-refractivity contribution in [2.75, 3.05) is 0 Å². The summed E-state index contributed by atoms with van der Waals surface area (Å²) >= 11 is 0. The fraction of sp³-hybridized carbons (Fsp3) is 0.667. The maximum atomic E-state index is 2.34. The second-order valence-corrected chi connectivity index (χ2v) is 5.99. The molecule has 1 aliphatic rings. The van der Waals surface area contributed by atoms with Crippen molar-refractivity contribution >= 4 is 0 Å². The average Bonchev–Trinajstić information content (AvgIpc) is 2.45. The second-order valence-electron chi connectivity index (χ2n) is 5.99. The molecule has 0 spiro atoms. The smallest absolute Gasteiger partial charge is 0.0159 e. The van der Waals surface area contributed by atoms with Gasteiger partial charge in [0.05, 0.1) is 0 Å². The van der Waals surface area contributed by atoms with Crippen LogP contribution in [0.15, 0.2) is 30.3 Å². The molecule has 0 aromatic heterocycles. The molecule has 2 rings (SSSR count). The normalized spacial score (nSPS) is 18.7. The van der Waals surface area contributed by atoms with Gasteiger partial charge in [-0.05, 0) is 30.2 Å². The maximum Gasteiger partial charge on any atom is -0.0159 e. The molecule has 18 heavy (non-hydrogen) atoms. The third-order valence-corrected chi connectivity index (χ3v) is 4.52. The molecule has 1 fully saturated rings. The van der Waals surface area contributed by atoms with Gasteiger partial charge in [0.15, 0.2) is 0 Å². The molecule has 1 aliphatic carbocycles. The molecule has 0 nitrogen and oxygen atoms in total. The lowest BCUT2D eigenvalue weighted by Crippen LogP contribution is -2.11. The Morgan fingerprint density at radius 3 is 2.44 bits per heavy atom. The van der Waals surface area contributed by atoms with Gasteiger partial charge in [-0.2, -0.15) is 0 Å². The van der Waals surface area contributed by atoms with Crippen LogP contribution in [0.3, 0.4) is 0 Å². The van der Waals surface area contributed by atoms with Crippen LogP contribution in [-0.2, 0) is 0 Å². The molecule has 0 bridgehead atoms. The van der Waals surface area contributed by atoms with E-state index < -0.39 is 0 Å². The zero-order chi connectivity index (χ0) is 12.6. The van der Waals surface area contributed by atoms with Crippen LogP contribution in [-0.4, -0.2) is 0 Å². The second kappa shape index (κ2) is 7.61. The number of rotatable bonds is 6. The van der Waals surface area contributed by atoms with Crippen LogP contribution < -0.4 is 0 Å². The molecule has 0 radical (unpaired) electrons. The first kappa shape index (κ1) is 13.6. The van der Waals surface area contributed by atoms with E-state index in [2.05, 4.69) is 37.3 Å². The van der Waals surface area contributed by atoms with E-state index in [9.17, 15) is 0 Å². The van der Waals surface area contributed by atoms with Crippen LogP contribution in [0.1, 0.15) is 76.2 Å². The average molecular weight is 244 g/mol. The minimum atomic E-state index is 0.814. The highest BCUT2D eigenvalue weighted by molar-refractivity contribution is 5.19. The summed E-state index contributed by atoms with van der Waals surface area (Å²) < 4.78 is 0. The van der Waals surface area contributed by atoms with E-state index in [1.165, 1.54) is 57.8 Å². The highest BCUT2D eigenvalue weighted by Crippen LogP contribution is 2.35. The zero-order valence-corrected chi connectivity index (χ0v) is 11.9. The van der Waals surface area contributed by atoms with Gasteiger partial charge >= 0.3 is 0 Å². The summed E-state index contributed by atoms with van der Waals surface area (Å²) in [5.41, 5.74) is 1.58. The third-order valence-electron chi connectivity index (χ3n) is 4.52. The van der Waals surface area contributed by atoms with Gasteiger partial charge in [-0.3, -0.25) is 0 Å². The monoisotopic (exact) mass is 244 g/mol. The topological polar surface area (TPSA) is 0 Å². The Labute approximate surface area is 113 Å². The third kappa shape index (κ3) is 4.15. The Bertz CT molecular complexity index is 308. The molecule has 100 valence electrons. The molecule has 0 heteroatoms. The Morgan fingerprint density at radius 1 is 1.06 bits per heavy atom. The highest BCUT2D eigenvalue weighted by Gasteiger charge is 2.19. The SMILES string of the molecule is CCCCC(CC1CCCCC1)c1ccccc1. The fourth-order valence-electron chi connectivity index (χ4n) is 3.42. The van der Waals surface area contributed by atoms with Crippen LogP contribution in [0.5, 0.6) is 0 Å². The van der Waals surface area contributed by atoms with Gasteiger partial charge in [0.25, 0.3) is 0 Å². The summed E-state index contributed by atoms with van der Waals surface area (Å²) in [5.74, 6) is 1.81. The summed E-state index contributed by atoms with van der Waals surface area (Å²) in [6.45, 7) is 2.31. The van der Waals surface area contributed by atoms with Crippen molar-refractivity contribution < 1.29 is 0 Å². The van der Waals surface area contributed by atoms with Crippen molar-refractivity contribution in [1.82, 2.24) is 0 Å². The fourth-order valence-corrected chi connectivity index (χ4v) is 3.42. The molecule has 0 amide bonds. The molecule has 1 aromatic rings. The van der Waals surface area contributed by atoms with Crippen molar-refractivity contribution in [2.45, 2.75) is 70.6 Å². The van der Waals surface area contributed by atoms with Crippen molar-refractivity contribution in [2.24, 2.45) is 5.92 Å². The van der Waals surface area contributed by atoms with Gasteiger partial charge in [0.2, 0.25) is 0 Å². The molecule has 1 unspecified atom stereocenters. The summed E-state index contributed by atoms with van der Waals surface area (Å²) in [7, 11) is 0. The van der Waals surface area contributed by atoms with Crippen molar-refractivity contribution in [3.05, 3.63) is 35.9 Å².